The van der Waals surface area contributed by atoms with Crippen LogP contribution in [0.2, 0.25) is 0 Å². The number of carbonyl (C=O) groups is 2. The molecule has 37 heavy (non-hydrogen) atoms. The topological polar surface area (TPSA) is 173 Å². The molecule has 1 aliphatic rings. The Morgan fingerprint density at radius 3 is 2.35 bits per heavy atom. The smallest absolute Gasteiger partial charge is 0.406 e. The van der Waals surface area contributed by atoms with Gasteiger partial charge in [0.15, 0.2) is 5.69 Å². The minimum absolute atomic E-state index is 0.136. The number of aromatic nitrogens is 5. The number of hydrogen-bond donors (Lipinski definition) is 2. The van der Waals surface area contributed by atoms with E-state index in [1.54, 1.807) is 0 Å². The average molecular weight is 513 g/mol. The van der Waals surface area contributed by atoms with Gasteiger partial charge in [-0.25, -0.2) is 14.3 Å². The van der Waals surface area contributed by atoms with E-state index in [0.717, 1.165) is 10.2 Å². The van der Waals surface area contributed by atoms with Crippen molar-refractivity contribution in [1.82, 2.24) is 29.4 Å². The Morgan fingerprint density at radius 2 is 1.76 bits per heavy atom. The average Bonchev–Trinajstić information content (AvgIpc) is 3.47. The van der Waals surface area contributed by atoms with Crippen LogP contribution in [0.3, 0.4) is 0 Å². The first kappa shape index (κ1) is 25.8. The van der Waals surface area contributed by atoms with Crippen molar-refractivity contribution in [3.8, 4) is 0 Å². The van der Waals surface area contributed by atoms with Gasteiger partial charge < -0.3 is 25.2 Å². The van der Waals surface area contributed by atoms with E-state index >= 15 is 0 Å². The van der Waals surface area contributed by atoms with Crippen LogP contribution in [0.5, 0.6) is 0 Å². The second-order valence-electron chi connectivity index (χ2n) is 8.66. The molecule has 3 aromatic rings. The van der Waals surface area contributed by atoms with Gasteiger partial charge in [0.25, 0.3) is 0 Å². The number of nitrogens with zero attached hydrogens (tertiary/aromatic N) is 8. The van der Waals surface area contributed by atoms with Gasteiger partial charge in [-0.1, -0.05) is 42.5 Å². The van der Waals surface area contributed by atoms with E-state index in [4.69, 9.17) is 5.11 Å². The molecule has 1 saturated heterocycles. The summed E-state index contributed by atoms with van der Waals surface area (Å²) in [6.07, 6.45) is 1.10. The van der Waals surface area contributed by atoms with Gasteiger partial charge >= 0.3 is 17.8 Å². The summed E-state index contributed by atoms with van der Waals surface area (Å²) in [4.78, 5) is 42.6. The molecule has 1 fully saturated rings. The first-order valence-corrected chi connectivity index (χ1v) is 11.9. The van der Waals surface area contributed by atoms with E-state index in [1.165, 1.54) is 0 Å². The van der Waals surface area contributed by atoms with Crippen LogP contribution in [0.4, 0.5) is 11.6 Å². The highest BCUT2D eigenvalue weighted by molar-refractivity contribution is 5.98. The van der Waals surface area contributed by atoms with Gasteiger partial charge in [-0.3, -0.25) is 9.47 Å². The quantitative estimate of drug-likeness (QED) is 0.282. The molecule has 0 saturated carbocycles. The van der Waals surface area contributed by atoms with E-state index < -0.39 is 28.2 Å². The maximum absolute atomic E-state index is 11.9. The third-order valence-corrected chi connectivity index (χ3v) is 6.33. The Kier molecular flexibility index (Phi) is 7.77. The van der Waals surface area contributed by atoms with E-state index in [9.17, 15) is 24.8 Å². The zero-order valence-electron chi connectivity index (χ0n) is 20.4. The van der Waals surface area contributed by atoms with Crippen molar-refractivity contribution in [2.75, 3.05) is 37.6 Å². The molecule has 0 spiro atoms. The van der Waals surface area contributed by atoms with E-state index in [2.05, 4.69) is 20.2 Å². The highest BCUT2D eigenvalue weighted by Crippen LogP contribution is 2.31. The maximum atomic E-state index is 11.9. The van der Waals surface area contributed by atoms with Crippen LogP contribution in [-0.2, 0) is 19.5 Å². The van der Waals surface area contributed by atoms with Crippen LogP contribution in [-0.4, -0.2) is 89.2 Å². The molecule has 14 nitrogen and oxygen atoms in total. The minimum atomic E-state index is -1.44. The maximum Gasteiger partial charge on any atom is 0.406 e. The highest BCUT2D eigenvalue weighted by Gasteiger charge is 2.32. The molecule has 0 atom stereocenters. The summed E-state index contributed by atoms with van der Waals surface area (Å²) >= 11 is 0. The second kappa shape index (κ2) is 11.2. The predicted octanol–water partition coefficient (Wildman–Crippen LogP) is 1.60. The molecule has 0 aliphatic carbocycles. The molecule has 196 valence electrons. The molecule has 14 heteroatoms. The fourth-order valence-corrected chi connectivity index (χ4v) is 4.56. The first-order chi connectivity index (χ1) is 17.8. The molecule has 0 unspecified atom stereocenters. The van der Waals surface area contributed by atoms with Gasteiger partial charge in [-0.2, -0.15) is 0 Å². The number of anilines is 1. The van der Waals surface area contributed by atoms with Gasteiger partial charge in [-0.15, -0.1) is 5.10 Å². The summed E-state index contributed by atoms with van der Waals surface area (Å²) in [6, 6.07) is 9.77. The lowest BCUT2D eigenvalue weighted by Crippen LogP contribution is -2.47. The number of nitro groups is 1. The molecule has 2 aromatic heterocycles. The Bertz CT molecular complexity index is 1280. The van der Waals surface area contributed by atoms with Gasteiger partial charge in [-0.05, 0) is 21.9 Å². The molecule has 0 radical (unpaired) electrons. The molecule has 1 aromatic carbocycles. The number of piperazine rings is 1. The molecule has 1 aliphatic heterocycles. The fourth-order valence-electron chi connectivity index (χ4n) is 4.56. The number of carboxylic acid groups (broad SMARTS) is 2. The van der Waals surface area contributed by atoms with Crippen LogP contribution in [0.15, 0.2) is 30.3 Å². The Balaban J connectivity index is 1.42. The number of hydrogen-bond acceptors (Lipinski definition) is 9. The van der Waals surface area contributed by atoms with E-state index in [1.807, 2.05) is 46.7 Å². The van der Waals surface area contributed by atoms with Crippen molar-refractivity contribution in [2.45, 2.75) is 32.9 Å². The standard InChI is InChI=1S/C23H28N8O6/c1-2-17-24-20(31(36)37)21(29(17)15-16-7-4-3-5-8-16)28-13-11-27(12-14-28)9-6-10-30-19(23(34)35)18(22(32)33)25-26-30/h3-5,7-8H,2,6,9-15H2,1H3,(H,32,33)(H,34,35). The van der Waals surface area contributed by atoms with E-state index in [0.29, 0.717) is 63.8 Å². The van der Waals surface area contributed by atoms with Crippen molar-refractivity contribution in [3.05, 3.63) is 63.2 Å². The monoisotopic (exact) mass is 512 g/mol. The summed E-state index contributed by atoms with van der Waals surface area (Å²) in [5, 5.41) is 37.4. The molecular formula is C23H28N8O6. The van der Waals surface area contributed by atoms with E-state index in [-0.39, 0.29) is 12.4 Å². The fraction of sp³-hybridized carbons (Fsp3) is 0.435. The number of carboxylic acids is 2. The number of benzene rings is 1. The Morgan fingerprint density at radius 1 is 1.05 bits per heavy atom. The lowest BCUT2D eigenvalue weighted by atomic mass is 10.2. The number of aryl methyl sites for hydroxylation is 2. The zero-order chi connectivity index (χ0) is 26.5. The van der Waals surface area contributed by atoms with Gasteiger partial charge in [0.2, 0.25) is 17.3 Å². The van der Waals surface area contributed by atoms with Gasteiger partial charge in [0, 0.05) is 45.7 Å². The summed E-state index contributed by atoms with van der Waals surface area (Å²) in [5.74, 6) is -1.79. The second-order valence-corrected chi connectivity index (χ2v) is 8.66. The summed E-state index contributed by atoms with van der Waals surface area (Å²) in [6.45, 7) is 5.69. The summed E-state index contributed by atoms with van der Waals surface area (Å²) in [7, 11) is 0. The number of aromatic carboxylic acids is 2. The van der Waals surface area contributed by atoms with Crippen LogP contribution < -0.4 is 4.90 Å². The van der Waals surface area contributed by atoms with Crippen molar-refractivity contribution in [2.24, 2.45) is 0 Å². The minimum Gasteiger partial charge on any atom is -0.476 e. The normalized spacial score (nSPS) is 14.1. The number of rotatable bonds is 11. The zero-order valence-corrected chi connectivity index (χ0v) is 20.4. The molecular weight excluding hydrogens is 484 g/mol. The first-order valence-electron chi connectivity index (χ1n) is 11.9. The van der Waals surface area contributed by atoms with Gasteiger partial charge in [0.1, 0.15) is 0 Å². The molecule has 2 N–H and O–H groups in total. The lowest BCUT2D eigenvalue weighted by Gasteiger charge is -2.35. The van der Waals surface area contributed by atoms with Crippen LogP contribution in [0, 0.1) is 10.1 Å². The van der Waals surface area contributed by atoms with Crippen LogP contribution >= 0.6 is 0 Å². The Hall–Kier alpha value is -4.33. The molecule has 4 rings (SSSR count). The van der Waals surface area contributed by atoms with Crippen LogP contribution in [0.25, 0.3) is 0 Å². The largest absolute Gasteiger partial charge is 0.476 e. The number of imidazole rings is 1. The van der Waals surface area contributed by atoms with Crippen molar-refractivity contribution in [1.29, 1.82) is 0 Å². The molecule has 0 bridgehead atoms. The summed E-state index contributed by atoms with van der Waals surface area (Å²) < 4.78 is 3.03. The molecule has 0 amide bonds. The van der Waals surface area contributed by atoms with Crippen molar-refractivity contribution < 1.29 is 24.7 Å². The van der Waals surface area contributed by atoms with Crippen molar-refractivity contribution >= 4 is 23.6 Å². The Labute approximate surface area is 211 Å². The lowest BCUT2D eigenvalue weighted by molar-refractivity contribution is -0.388. The van der Waals surface area contributed by atoms with Crippen LogP contribution in [0.1, 0.15) is 45.7 Å². The SMILES string of the molecule is CCc1nc([N+](=O)[O-])c(N2CCN(CCCn3nnc(C(=O)O)c3C(=O)O)CC2)n1Cc1ccccc1. The third kappa shape index (κ3) is 5.58. The van der Waals surface area contributed by atoms with Crippen molar-refractivity contribution in [3.63, 3.8) is 0 Å². The highest BCUT2D eigenvalue weighted by atomic mass is 16.6. The predicted molar refractivity (Wildman–Crippen MR) is 131 cm³/mol. The molecule has 3 heterocycles. The third-order valence-electron chi connectivity index (χ3n) is 6.33. The van der Waals surface area contributed by atoms with Gasteiger partial charge in [0.05, 0.1) is 6.54 Å². The summed E-state index contributed by atoms with van der Waals surface area (Å²) in [5.41, 5.74) is 0.00795.